The molecule has 0 aliphatic carbocycles. The number of rotatable bonds is 7. The number of hydrogen-bond donors (Lipinski definition) is 2. The molecule has 1 aliphatic heterocycles. The Kier molecular flexibility index (Phi) is 6.58. The van der Waals surface area contributed by atoms with E-state index < -0.39 is 29.9 Å². The number of imide groups is 1. The molecule has 3 aromatic carbocycles. The largest absolute Gasteiger partial charge is 0.445 e. The van der Waals surface area contributed by atoms with E-state index in [4.69, 9.17) is 4.74 Å². The third kappa shape index (κ3) is 4.76. The molecule has 0 fully saturated rings. The van der Waals surface area contributed by atoms with Crippen molar-refractivity contribution >= 4 is 34.6 Å². The van der Waals surface area contributed by atoms with Gasteiger partial charge in [0.15, 0.2) is 0 Å². The maximum atomic E-state index is 13.1. The lowest BCUT2D eigenvalue weighted by Crippen LogP contribution is -2.57. The van der Waals surface area contributed by atoms with Gasteiger partial charge in [0.25, 0.3) is 17.7 Å². The maximum Gasteiger partial charge on any atom is 0.408 e. The highest BCUT2D eigenvalue weighted by atomic mass is 16.5. The van der Waals surface area contributed by atoms with Crippen molar-refractivity contribution in [2.75, 3.05) is 0 Å². The summed E-state index contributed by atoms with van der Waals surface area (Å²) in [6.45, 7) is 3.84. The van der Waals surface area contributed by atoms with Gasteiger partial charge < -0.3 is 10.1 Å². The maximum absolute atomic E-state index is 13.1. The van der Waals surface area contributed by atoms with Crippen molar-refractivity contribution in [3.63, 3.8) is 0 Å². The Morgan fingerprint density at radius 3 is 2.09 bits per heavy atom. The first-order valence-electron chi connectivity index (χ1n) is 11.0. The van der Waals surface area contributed by atoms with Gasteiger partial charge in [-0.2, -0.15) is 5.01 Å². The second-order valence-electron chi connectivity index (χ2n) is 8.52. The van der Waals surface area contributed by atoms with Gasteiger partial charge in [-0.15, -0.1) is 0 Å². The summed E-state index contributed by atoms with van der Waals surface area (Å²) in [6.07, 6.45) is -0.481. The van der Waals surface area contributed by atoms with Crippen LogP contribution in [0, 0.1) is 5.92 Å². The van der Waals surface area contributed by atoms with E-state index in [1.54, 1.807) is 24.3 Å². The average Bonchev–Trinajstić information content (AvgIpc) is 2.83. The molecule has 0 saturated carbocycles. The van der Waals surface area contributed by atoms with E-state index in [1.165, 1.54) is 0 Å². The van der Waals surface area contributed by atoms with Crippen LogP contribution in [0.2, 0.25) is 0 Å². The number of ether oxygens (including phenoxy) is 1. The topological polar surface area (TPSA) is 105 Å². The minimum atomic E-state index is -1.00. The van der Waals surface area contributed by atoms with E-state index in [0.717, 1.165) is 10.9 Å². The highest BCUT2D eigenvalue weighted by molar-refractivity contribution is 6.25. The summed E-state index contributed by atoms with van der Waals surface area (Å²) in [6, 6.07) is 18.5. The number of hydrazine groups is 1. The number of hydrogen-bond acceptors (Lipinski definition) is 5. The third-order valence-electron chi connectivity index (χ3n) is 5.52. The second kappa shape index (κ2) is 9.74. The summed E-state index contributed by atoms with van der Waals surface area (Å²) in [5.41, 5.74) is 3.86. The summed E-state index contributed by atoms with van der Waals surface area (Å²) in [5.74, 6) is -1.89. The van der Waals surface area contributed by atoms with Gasteiger partial charge in [-0.05, 0) is 35.4 Å². The highest BCUT2D eigenvalue weighted by Crippen LogP contribution is 2.29. The van der Waals surface area contributed by atoms with Crippen molar-refractivity contribution in [2.24, 2.45) is 5.92 Å². The zero-order chi connectivity index (χ0) is 24.2. The summed E-state index contributed by atoms with van der Waals surface area (Å²) in [5, 5.41) is 4.59. The van der Waals surface area contributed by atoms with Gasteiger partial charge in [-0.3, -0.25) is 19.8 Å². The molecule has 0 unspecified atom stereocenters. The molecule has 4 rings (SSSR count). The Morgan fingerprint density at radius 2 is 1.50 bits per heavy atom. The second-order valence-corrected chi connectivity index (χ2v) is 8.52. The van der Waals surface area contributed by atoms with Gasteiger partial charge in [0.05, 0.1) is 11.1 Å². The quantitative estimate of drug-likeness (QED) is 0.523. The summed E-state index contributed by atoms with van der Waals surface area (Å²) in [7, 11) is 0. The molecule has 4 amide bonds. The van der Waals surface area contributed by atoms with Crippen LogP contribution in [0.25, 0.3) is 10.8 Å². The zero-order valence-corrected chi connectivity index (χ0v) is 18.9. The Balaban J connectivity index is 1.48. The zero-order valence-electron chi connectivity index (χ0n) is 18.9. The Morgan fingerprint density at radius 1 is 0.882 bits per heavy atom. The van der Waals surface area contributed by atoms with Crippen LogP contribution in [0.15, 0.2) is 66.7 Å². The molecule has 8 nitrogen and oxygen atoms in total. The lowest BCUT2D eigenvalue weighted by Gasteiger charge is -2.29. The molecule has 1 atom stereocenters. The van der Waals surface area contributed by atoms with Crippen LogP contribution in [-0.2, 0) is 16.1 Å². The standard InChI is InChI=1S/C26H25N3O5/c1-16(2)14-21(27-26(33)34-15-17-8-4-3-5-9-17)23(30)28-29-24(31)19-12-6-10-18-11-7-13-20(22(18)19)25(29)32/h3-13,16,21H,14-15H2,1-2H3,(H,27,33)(H,28,30)/t21-/m1/s1. The fraction of sp³-hybridized carbons (Fsp3) is 0.231. The minimum Gasteiger partial charge on any atom is -0.445 e. The molecule has 0 spiro atoms. The lowest BCUT2D eigenvalue weighted by molar-refractivity contribution is -0.126. The molecular weight excluding hydrogens is 434 g/mol. The predicted molar refractivity (Wildman–Crippen MR) is 126 cm³/mol. The first-order valence-corrected chi connectivity index (χ1v) is 11.0. The third-order valence-corrected chi connectivity index (χ3v) is 5.52. The normalized spacial score (nSPS) is 13.7. The number of nitrogens with one attached hydrogen (secondary N) is 2. The first kappa shape index (κ1) is 23.0. The van der Waals surface area contributed by atoms with Crippen molar-refractivity contribution in [1.29, 1.82) is 0 Å². The molecule has 174 valence electrons. The number of carbonyl (C=O) groups is 4. The number of benzene rings is 3. The van der Waals surface area contributed by atoms with E-state index in [0.29, 0.717) is 21.5 Å². The number of nitrogens with zero attached hydrogens (tertiary/aromatic N) is 1. The molecule has 0 bridgehead atoms. The van der Waals surface area contributed by atoms with Gasteiger partial charge in [0.2, 0.25) is 0 Å². The van der Waals surface area contributed by atoms with Gasteiger partial charge in [-0.1, -0.05) is 68.4 Å². The van der Waals surface area contributed by atoms with E-state index in [2.05, 4.69) is 10.7 Å². The van der Waals surface area contributed by atoms with Crippen LogP contribution in [0.1, 0.15) is 46.5 Å². The average molecular weight is 460 g/mol. The van der Waals surface area contributed by atoms with Gasteiger partial charge in [0, 0.05) is 5.39 Å². The van der Waals surface area contributed by atoms with Crippen molar-refractivity contribution < 1.29 is 23.9 Å². The summed E-state index contributed by atoms with van der Waals surface area (Å²) >= 11 is 0. The Hall–Kier alpha value is -4.20. The minimum absolute atomic E-state index is 0.0482. The molecule has 2 N–H and O–H groups in total. The fourth-order valence-corrected chi connectivity index (χ4v) is 3.93. The molecule has 0 saturated heterocycles. The summed E-state index contributed by atoms with van der Waals surface area (Å²) < 4.78 is 5.23. The van der Waals surface area contributed by atoms with Gasteiger partial charge in [0.1, 0.15) is 12.6 Å². The monoisotopic (exact) mass is 459 g/mol. The predicted octanol–water partition coefficient (Wildman–Crippen LogP) is 3.81. The van der Waals surface area contributed by atoms with Crippen LogP contribution >= 0.6 is 0 Å². The SMILES string of the molecule is CC(C)C[C@@H](NC(=O)OCc1ccccc1)C(=O)NN1C(=O)c2cccc3cccc(c23)C1=O. The van der Waals surface area contributed by atoms with Crippen LogP contribution in [0.3, 0.4) is 0 Å². The van der Waals surface area contributed by atoms with Crippen LogP contribution < -0.4 is 10.7 Å². The van der Waals surface area contributed by atoms with Gasteiger partial charge in [-0.25, -0.2) is 4.79 Å². The molecule has 34 heavy (non-hydrogen) atoms. The number of alkyl carbamates (subject to hydrolysis) is 1. The molecule has 8 heteroatoms. The highest BCUT2D eigenvalue weighted by Gasteiger charge is 2.35. The van der Waals surface area contributed by atoms with E-state index in [9.17, 15) is 19.2 Å². The molecule has 0 aromatic heterocycles. The molecular formula is C26H25N3O5. The first-order chi connectivity index (χ1) is 16.3. The Bertz CT molecular complexity index is 1210. The fourth-order valence-electron chi connectivity index (χ4n) is 3.93. The van der Waals surface area contributed by atoms with E-state index in [-0.39, 0.29) is 18.9 Å². The number of amides is 4. The molecule has 3 aromatic rings. The molecule has 0 radical (unpaired) electrons. The molecule has 1 aliphatic rings. The van der Waals surface area contributed by atoms with Crippen molar-refractivity contribution in [1.82, 2.24) is 15.8 Å². The summed E-state index contributed by atoms with van der Waals surface area (Å²) in [4.78, 5) is 51.5. The Labute approximate surface area is 196 Å². The van der Waals surface area contributed by atoms with E-state index in [1.807, 2.05) is 56.3 Å². The smallest absolute Gasteiger partial charge is 0.408 e. The van der Waals surface area contributed by atoms with E-state index >= 15 is 0 Å². The van der Waals surface area contributed by atoms with Crippen molar-refractivity contribution in [2.45, 2.75) is 32.9 Å². The van der Waals surface area contributed by atoms with Crippen molar-refractivity contribution in [3.05, 3.63) is 83.4 Å². The van der Waals surface area contributed by atoms with Gasteiger partial charge >= 0.3 is 6.09 Å². The van der Waals surface area contributed by atoms with Crippen molar-refractivity contribution in [3.8, 4) is 0 Å². The van der Waals surface area contributed by atoms with Crippen LogP contribution in [0.5, 0.6) is 0 Å². The van der Waals surface area contributed by atoms with Crippen LogP contribution in [-0.4, -0.2) is 34.9 Å². The van der Waals surface area contributed by atoms with Crippen LogP contribution in [0.4, 0.5) is 4.79 Å². The number of carbonyl (C=O) groups excluding carboxylic acids is 4. The lowest BCUT2D eigenvalue weighted by atomic mass is 9.95. The molecule has 1 heterocycles.